The normalized spacial score (nSPS) is 19.8. The van der Waals surface area contributed by atoms with Crippen molar-refractivity contribution in [3.05, 3.63) is 35.4 Å². The maximum atomic E-state index is 5.99. The van der Waals surface area contributed by atoms with Gasteiger partial charge in [0.25, 0.3) is 0 Å². The second kappa shape index (κ2) is 7.79. The summed E-state index contributed by atoms with van der Waals surface area (Å²) >= 11 is 0. The molecule has 0 aromatic heterocycles. The highest BCUT2D eigenvalue weighted by atomic mass is 16.5. The predicted octanol–water partition coefficient (Wildman–Crippen LogP) is 2.37. The van der Waals surface area contributed by atoms with E-state index in [0.717, 1.165) is 19.0 Å². The number of nitrogens with zero attached hydrogens (tertiary/aromatic N) is 2. The van der Waals surface area contributed by atoms with Crippen LogP contribution in [0.2, 0.25) is 0 Å². The SMILES string of the molecule is CN=C(NCC(C)(C)OC)N1CCOC(c2ccccc2C)C1. The van der Waals surface area contributed by atoms with Crippen molar-refractivity contribution in [2.45, 2.75) is 32.5 Å². The van der Waals surface area contributed by atoms with Crippen LogP contribution in [-0.4, -0.2) is 56.9 Å². The summed E-state index contributed by atoms with van der Waals surface area (Å²) in [5.41, 5.74) is 2.30. The molecule has 1 atom stereocenters. The van der Waals surface area contributed by atoms with Crippen LogP contribution in [0, 0.1) is 6.92 Å². The number of hydrogen-bond donors (Lipinski definition) is 1. The maximum absolute atomic E-state index is 5.99. The summed E-state index contributed by atoms with van der Waals surface area (Å²) in [6.45, 7) is 9.31. The van der Waals surface area contributed by atoms with Crippen molar-refractivity contribution in [3.63, 3.8) is 0 Å². The van der Waals surface area contributed by atoms with Crippen LogP contribution in [0.5, 0.6) is 0 Å². The fourth-order valence-electron chi connectivity index (χ4n) is 2.67. The summed E-state index contributed by atoms with van der Waals surface area (Å²) in [5.74, 6) is 0.900. The number of nitrogens with one attached hydrogen (secondary N) is 1. The molecule has 1 aromatic rings. The van der Waals surface area contributed by atoms with Gasteiger partial charge in [-0.15, -0.1) is 0 Å². The van der Waals surface area contributed by atoms with Crippen molar-refractivity contribution in [2.24, 2.45) is 4.99 Å². The van der Waals surface area contributed by atoms with Gasteiger partial charge in [0.05, 0.1) is 18.8 Å². The Hall–Kier alpha value is -1.59. The van der Waals surface area contributed by atoms with Crippen molar-refractivity contribution in [1.82, 2.24) is 10.2 Å². The van der Waals surface area contributed by atoms with Gasteiger partial charge in [-0.3, -0.25) is 4.99 Å². The Balaban J connectivity index is 2.03. The van der Waals surface area contributed by atoms with Gasteiger partial charge in [0.15, 0.2) is 5.96 Å². The van der Waals surface area contributed by atoms with E-state index in [1.807, 2.05) is 7.05 Å². The third-order valence-electron chi connectivity index (χ3n) is 4.34. The molecule has 1 aromatic carbocycles. The maximum Gasteiger partial charge on any atom is 0.193 e. The predicted molar refractivity (Wildman–Crippen MR) is 93.9 cm³/mol. The van der Waals surface area contributed by atoms with Crippen molar-refractivity contribution in [3.8, 4) is 0 Å². The number of guanidine groups is 1. The number of methoxy groups -OCH3 is 1. The molecule has 1 heterocycles. The van der Waals surface area contributed by atoms with Crippen LogP contribution < -0.4 is 5.32 Å². The van der Waals surface area contributed by atoms with E-state index >= 15 is 0 Å². The molecule has 1 saturated heterocycles. The standard InChI is InChI=1S/C18H29N3O2/c1-14-8-6-7-9-15(14)16-12-21(10-11-23-16)17(19-4)20-13-18(2,3)22-5/h6-9,16H,10-13H2,1-5H3,(H,19,20). The highest BCUT2D eigenvalue weighted by Gasteiger charge is 2.26. The molecule has 0 saturated carbocycles. The lowest BCUT2D eigenvalue weighted by Crippen LogP contribution is -2.51. The molecule has 0 amide bonds. The zero-order valence-electron chi connectivity index (χ0n) is 14.9. The molecule has 1 unspecified atom stereocenters. The molecular weight excluding hydrogens is 290 g/mol. The minimum atomic E-state index is -0.225. The Morgan fingerprint density at radius 3 is 2.83 bits per heavy atom. The van der Waals surface area contributed by atoms with Crippen LogP contribution in [0.15, 0.2) is 29.3 Å². The molecule has 23 heavy (non-hydrogen) atoms. The summed E-state index contributed by atoms with van der Waals surface area (Å²) in [6.07, 6.45) is 0.0823. The van der Waals surface area contributed by atoms with Crippen LogP contribution in [0.1, 0.15) is 31.1 Å². The van der Waals surface area contributed by atoms with Crippen molar-refractivity contribution in [2.75, 3.05) is 40.4 Å². The molecule has 1 fully saturated rings. The van der Waals surface area contributed by atoms with E-state index < -0.39 is 0 Å². The number of aryl methyl sites for hydroxylation is 1. The number of ether oxygens (including phenoxy) is 2. The molecule has 0 bridgehead atoms. The van der Waals surface area contributed by atoms with Crippen LogP contribution in [0.3, 0.4) is 0 Å². The molecule has 0 spiro atoms. The van der Waals surface area contributed by atoms with E-state index in [9.17, 15) is 0 Å². The molecule has 0 radical (unpaired) electrons. The average Bonchev–Trinajstić information content (AvgIpc) is 2.56. The summed E-state index contributed by atoms with van der Waals surface area (Å²) < 4.78 is 11.5. The van der Waals surface area contributed by atoms with Crippen LogP contribution in [0.25, 0.3) is 0 Å². The fourth-order valence-corrected chi connectivity index (χ4v) is 2.67. The zero-order chi connectivity index (χ0) is 16.9. The van der Waals surface area contributed by atoms with Gasteiger partial charge in [-0.25, -0.2) is 0 Å². The molecule has 128 valence electrons. The lowest BCUT2D eigenvalue weighted by atomic mass is 10.0. The van der Waals surface area contributed by atoms with Crippen LogP contribution in [-0.2, 0) is 9.47 Å². The summed E-state index contributed by atoms with van der Waals surface area (Å²) in [5, 5.41) is 3.41. The largest absolute Gasteiger partial charge is 0.377 e. The first-order valence-electron chi connectivity index (χ1n) is 8.15. The first kappa shape index (κ1) is 17.8. The summed E-state index contributed by atoms with van der Waals surface area (Å²) in [4.78, 5) is 6.68. The topological polar surface area (TPSA) is 46.1 Å². The average molecular weight is 319 g/mol. The second-order valence-corrected chi connectivity index (χ2v) is 6.53. The number of morpholine rings is 1. The Morgan fingerprint density at radius 2 is 2.17 bits per heavy atom. The summed E-state index contributed by atoms with van der Waals surface area (Å²) in [7, 11) is 3.55. The van der Waals surface area contributed by atoms with Crippen molar-refractivity contribution < 1.29 is 9.47 Å². The van der Waals surface area contributed by atoms with Crippen LogP contribution in [0.4, 0.5) is 0 Å². The lowest BCUT2D eigenvalue weighted by Gasteiger charge is -2.36. The molecule has 5 heteroatoms. The van der Waals surface area contributed by atoms with E-state index in [4.69, 9.17) is 9.47 Å². The number of hydrogen-bond acceptors (Lipinski definition) is 3. The van der Waals surface area contributed by atoms with Gasteiger partial charge in [-0.1, -0.05) is 24.3 Å². The minimum Gasteiger partial charge on any atom is -0.377 e. The van der Waals surface area contributed by atoms with Gasteiger partial charge in [0.1, 0.15) is 6.10 Å². The Bertz CT molecular complexity index is 543. The first-order chi connectivity index (χ1) is 11.0. The van der Waals surface area contributed by atoms with Gasteiger partial charge < -0.3 is 19.7 Å². The van der Waals surface area contributed by atoms with Crippen molar-refractivity contribution >= 4 is 5.96 Å². The Labute approximate surface area is 139 Å². The van der Waals surface area contributed by atoms with Gasteiger partial charge in [0.2, 0.25) is 0 Å². The van der Waals surface area contributed by atoms with Gasteiger partial charge >= 0.3 is 0 Å². The van der Waals surface area contributed by atoms with Crippen molar-refractivity contribution in [1.29, 1.82) is 0 Å². The molecule has 1 aliphatic rings. The Kier molecular flexibility index (Phi) is 6.02. The van der Waals surface area contributed by atoms with E-state index in [2.05, 4.69) is 60.2 Å². The highest BCUT2D eigenvalue weighted by Crippen LogP contribution is 2.25. The highest BCUT2D eigenvalue weighted by molar-refractivity contribution is 5.80. The molecule has 5 nitrogen and oxygen atoms in total. The molecule has 1 N–H and O–H groups in total. The quantitative estimate of drug-likeness (QED) is 0.684. The third kappa shape index (κ3) is 4.69. The number of benzene rings is 1. The minimum absolute atomic E-state index is 0.0823. The van der Waals surface area contributed by atoms with E-state index in [1.54, 1.807) is 7.11 Å². The van der Waals surface area contributed by atoms with Gasteiger partial charge in [-0.2, -0.15) is 0 Å². The van der Waals surface area contributed by atoms with Gasteiger partial charge in [-0.05, 0) is 31.9 Å². The van der Waals surface area contributed by atoms with E-state index in [1.165, 1.54) is 11.1 Å². The fraction of sp³-hybridized carbons (Fsp3) is 0.611. The van der Waals surface area contributed by atoms with Gasteiger partial charge in [0, 0.05) is 27.2 Å². The van der Waals surface area contributed by atoms with E-state index in [0.29, 0.717) is 13.2 Å². The molecule has 0 aliphatic carbocycles. The Morgan fingerprint density at radius 1 is 1.43 bits per heavy atom. The monoisotopic (exact) mass is 319 g/mol. The second-order valence-electron chi connectivity index (χ2n) is 6.53. The summed E-state index contributed by atoms with van der Waals surface area (Å²) in [6, 6.07) is 8.41. The lowest BCUT2D eigenvalue weighted by molar-refractivity contribution is -0.00961. The molecule has 1 aliphatic heterocycles. The number of rotatable bonds is 4. The van der Waals surface area contributed by atoms with E-state index in [-0.39, 0.29) is 11.7 Å². The number of aliphatic imine (C=N–C) groups is 1. The van der Waals surface area contributed by atoms with Crippen LogP contribution >= 0.6 is 0 Å². The third-order valence-corrected chi connectivity index (χ3v) is 4.34. The first-order valence-corrected chi connectivity index (χ1v) is 8.15. The zero-order valence-corrected chi connectivity index (χ0v) is 14.9. The molecular formula is C18H29N3O2. The molecule has 2 rings (SSSR count). The smallest absolute Gasteiger partial charge is 0.193 e.